The normalized spacial score (nSPS) is 12.4. The number of oxime groups is 1. The standard InChI is InChI=1S/C5H9F3N2O/c6-5(7,8)1-4-11-10-3-2-9/h3H,1-2,4,9H2. The summed E-state index contributed by atoms with van der Waals surface area (Å²) in [6.07, 6.45) is -3.98. The van der Waals surface area contributed by atoms with Crippen molar-refractivity contribution in [1.82, 2.24) is 0 Å². The molecule has 0 amide bonds. The van der Waals surface area contributed by atoms with Crippen LogP contribution in [0.4, 0.5) is 13.2 Å². The highest BCUT2D eigenvalue weighted by atomic mass is 19.4. The van der Waals surface area contributed by atoms with Crippen molar-refractivity contribution in [3.8, 4) is 0 Å². The minimum atomic E-state index is -4.18. The van der Waals surface area contributed by atoms with E-state index >= 15 is 0 Å². The van der Waals surface area contributed by atoms with E-state index in [1.54, 1.807) is 0 Å². The van der Waals surface area contributed by atoms with E-state index in [9.17, 15) is 13.2 Å². The summed E-state index contributed by atoms with van der Waals surface area (Å²) in [7, 11) is 0. The molecule has 66 valence electrons. The van der Waals surface area contributed by atoms with Crippen molar-refractivity contribution in [2.24, 2.45) is 10.9 Å². The van der Waals surface area contributed by atoms with Gasteiger partial charge in [-0.3, -0.25) is 0 Å². The summed E-state index contributed by atoms with van der Waals surface area (Å²) in [5.74, 6) is 0. The molecule has 0 unspecified atom stereocenters. The first-order chi connectivity index (χ1) is 5.06. The van der Waals surface area contributed by atoms with Crippen LogP contribution in [0.3, 0.4) is 0 Å². The van der Waals surface area contributed by atoms with Crippen LogP contribution < -0.4 is 5.73 Å². The molecule has 0 spiro atoms. The van der Waals surface area contributed by atoms with Crippen molar-refractivity contribution in [3.05, 3.63) is 0 Å². The van der Waals surface area contributed by atoms with Crippen LogP contribution >= 0.6 is 0 Å². The quantitative estimate of drug-likeness (QED) is 0.387. The lowest BCUT2D eigenvalue weighted by molar-refractivity contribution is -0.145. The minimum absolute atomic E-state index is 0.159. The highest BCUT2D eigenvalue weighted by Gasteiger charge is 2.26. The average molecular weight is 170 g/mol. The molecule has 0 aromatic heterocycles. The van der Waals surface area contributed by atoms with E-state index in [0.717, 1.165) is 0 Å². The molecule has 2 N–H and O–H groups in total. The van der Waals surface area contributed by atoms with E-state index in [2.05, 4.69) is 9.99 Å². The fourth-order valence-electron chi connectivity index (χ4n) is 0.310. The molecule has 0 saturated heterocycles. The van der Waals surface area contributed by atoms with Gasteiger partial charge in [0.1, 0.15) is 6.61 Å². The third-order valence-electron chi connectivity index (χ3n) is 0.731. The summed E-state index contributed by atoms with van der Waals surface area (Å²) in [5, 5.41) is 3.14. The number of nitrogens with zero attached hydrogens (tertiary/aromatic N) is 1. The van der Waals surface area contributed by atoms with Gasteiger partial charge in [-0.15, -0.1) is 0 Å². The van der Waals surface area contributed by atoms with Crippen molar-refractivity contribution in [2.45, 2.75) is 12.6 Å². The summed E-state index contributed by atoms with van der Waals surface area (Å²) < 4.78 is 34.2. The van der Waals surface area contributed by atoms with Gasteiger partial charge in [0.25, 0.3) is 0 Å². The maximum atomic E-state index is 11.4. The van der Waals surface area contributed by atoms with E-state index in [1.807, 2.05) is 0 Å². The first-order valence-corrected chi connectivity index (χ1v) is 2.97. The number of halogens is 3. The molecule has 0 aromatic rings. The van der Waals surface area contributed by atoms with Gasteiger partial charge in [-0.25, -0.2) is 0 Å². The van der Waals surface area contributed by atoms with Crippen LogP contribution in [-0.4, -0.2) is 25.5 Å². The topological polar surface area (TPSA) is 47.6 Å². The van der Waals surface area contributed by atoms with Crippen LogP contribution in [0, 0.1) is 0 Å². The number of nitrogens with two attached hydrogens (primary N) is 1. The zero-order valence-corrected chi connectivity index (χ0v) is 5.77. The van der Waals surface area contributed by atoms with Crippen molar-refractivity contribution in [2.75, 3.05) is 13.2 Å². The Morgan fingerprint density at radius 1 is 1.45 bits per heavy atom. The predicted molar refractivity (Wildman–Crippen MR) is 34.2 cm³/mol. The van der Waals surface area contributed by atoms with Crippen LogP contribution in [0.2, 0.25) is 0 Å². The van der Waals surface area contributed by atoms with Crippen LogP contribution in [0.5, 0.6) is 0 Å². The molecule has 0 aromatic carbocycles. The number of hydrogen-bond acceptors (Lipinski definition) is 3. The third-order valence-corrected chi connectivity index (χ3v) is 0.731. The second kappa shape index (κ2) is 4.95. The Morgan fingerprint density at radius 2 is 2.09 bits per heavy atom. The van der Waals surface area contributed by atoms with Gasteiger partial charge in [-0.2, -0.15) is 13.2 Å². The van der Waals surface area contributed by atoms with Crippen molar-refractivity contribution in [1.29, 1.82) is 0 Å². The SMILES string of the molecule is NCC=NOCCC(F)(F)F. The van der Waals surface area contributed by atoms with Gasteiger partial charge in [0.2, 0.25) is 0 Å². The Hall–Kier alpha value is -0.780. The van der Waals surface area contributed by atoms with Crippen LogP contribution in [0.25, 0.3) is 0 Å². The summed E-state index contributed by atoms with van der Waals surface area (Å²) >= 11 is 0. The lowest BCUT2D eigenvalue weighted by Crippen LogP contribution is -2.10. The minimum Gasteiger partial charge on any atom is -0.396 e. The monoisotopic (exact) mass is 170 g/mol. The molecule has 0 aliphatic heterocycles. The lowest BCUT2D eigenvalue weighted by atomic mass is 10.5. The smallest absolute Gasteiger partial charge is 0.392 e. The largest absolute Gasteiger partial charge is 0.396 e. The van der Waals surface area contributed by atoms with E-state index in [-0.39, 0.29) is 6.54 Å². The number of hydrogen-bond donors (Lipinski definition) is 1. The molecule has 6 heteroatoms. The molecule has 11 heavy (non-hydrogen) atoms. The third kappa shape index (κ3) is 9.22. The van der Waals surface area contributed by atoms with Gasteiger partial charge in [0.15, 0.2) is 0 Å². The first kappa shape index (κ1) is 10.2. The molecule has 0 fully saturated rings. The lowest BCUT2D eigenvalue weighted by Gasteiger charge is -2.03. The Bertz CT molecular complexity index is 123. The Labute approximate surface area is 62.0 Å². The van der Waals surface area contributed by atoms with Crippen LogP contribution in [-0.2, 0) is 4.84 Å². The van der Waals surface area contributed by atoms with Gasteiger partial charge in [0.05, 0.1) is 12.6 Å². The summed E-state index contributed by atoms with van der Waals surface area (Å²) in [5.41, 5.74) is 4.95. The molecular formula is C5H9F3N2O. The summed E-state index contributed by atoms with van der Waals surface area (Å²) in [6.45, 7) is -0.300. The van der Waals surface area contributed by atoms with Crippen LogP contribution in [0.15, 0.2) is 5.16 Å². The number of alkyl halides is 3. The highest BCUT2D eigenvalue weighted by Crippen LogP contribution is 2.18. The Morgan fingerprint density at radius 3 is 2.55 bits per heavy atom. The second-order valence-corrected chi connectivity index (χ2v) is 1.72. The zero-order valence-electron chi connectivity index (χ0n) is 5.77. The molecule has 3 nitrogen and oxygen atoms in total. The molecule has 0 heterocycles. The van der Waals surface area contributed by atoms with E-state index in [1.165, 1.54) is 6.21 Å². The van der Waals surface area contributed by atoms with Gasteiger partial charge in [0, 0.05) is 6.54 Å². The molecular weight excluding hydrogens is 161 g/mol. The molecule has 0 radical (unpaired) electrons. The fraction of sp³-hybridized carbons (Fsp3) is 0.800. The predicted octanol–water partition coefficient (Wildman–Crippen LogP) is 0.900. The zero-order chi connectivity index (χ0) is 8.74. The first-order valence-electron chi connectivity index (χ1n) is 2.97. The Kier molecular flexibility index (Phi) is 4.60. The van der Waals surface area contributed by atoms with Crippen LogP contribution in [0.1, 0.15) is 6.42 Å². The summed E-state index contributed by atoms with van der Waals surface area (Å²) in [4.78, 5) is 4.22. The van der Waals surface area contributed by atoms with Crippen molar-refractivity contribution < 1.29 is 18.0 Å². The molecule has 0 aliphatic carbocycles. The van der Waals surface area contributed by atoms with Gasteiger partial charge < -0.3 is 10.6 Å². The maximum absolute atomic E-state index is 11.4. The molecule has 0 atom stereocenters. The second-order valence-electron chi connectivity index (χ2n) is 1.72. The van der Waals surface area contributed by atoms with Gasteiger partial charge >= 0.3 is 6.18 Å². The maximum Gasteiger partial charge on any atom is 0.392 e. The molecule has 0 rings (SSSR count). The molecule has 0 saturated carbocycles. The molecule has 0 aliphatic rings. The van der Waals surface area contributed by atoms with E-state index in [4.69, 9.17) is 5.73 Å². The summed E-state index contributed by atoms with van der Waals surface area (Å²) in [6, 6.07) is 0. The van der Waals surface area contributed by atoms with Crippen molar-refractivity contribution >= 4 is 6.21 Å². The number of rotatable bonds is 4. The average Bonchev–Trinajstić information content (AvgIpc) is 1.85. The van der Waals surface area contributed by atoms with Gasteiger partial charge in [-0.1, -0.05) is 5.16 Å². The van der Waals surface area contributed by atoms with E-state index in [0.29, 0.717) is 0 Å². The van der Waals surface area contributed by atoms with Gasteiger partial charge in [-0.05, 0) is 0 Å². The fourth-order valence-corrected chi connectivity index (χ4v) is 0.310. The Balaban J connectivity index is 3.21. The highest BCUT2D eigenvalue weighted by molar-refractivity contribution is 5.58. The van der Waals surface area contributed by atoms with E-state index < -0.39 is 19.2 Å². The molecule has 0 bridgehead atoms. The van der Waals surface area contributed by atoms with Crippen molar-refractivity contribution in [3.63, 3.8) is 0 Å².